The molecule has 1 heterocycles. The monoisotopic (exact) mass is 310 g/mol. The highest BCUT2D eigenvalue weighted by Gasteiger charge is 2.18. The van der Waals surface area contributed by atoms with Crippen molar-refractivity contribution in [2.75, 3.05) is 20.6 Å². The van der Waals surface area contributed by atoms with Gasteiger partial charge in [-0.05, 0) is 44.8 Å². The predicted octanol–water partition coefficient (Wildman–Crippen LogP) is 2.99. The number of ether oxygens (including phenoxy) is 1. The number of hydrogen-bond donors (Lipinski definition) is 1. The van der Waals surface area contributed by atoms with Crippen LogP contribution in [0.3, 0.4) is 0 Å². The first-order chi connectivity index (χ1) is 11.2. The van der Waals surface area contributed by atoms with Crippen LogP contribution in [0.15, 0.2) is 54.6 Å². The second-order valence-corrected chi connectivity index (χ2v) is 6.00. The average molecular weight is 310 g/mol. The van der Waals surface area contributed by atoms with Crippen LogP contribution in [-0.2, 0) is 13.2 Å². The maximum absolute atomic E-state index is 5.93. The van der Waals surface area contributed by atoms with E-state index in [1.54, 1.807) is 0 Å². The first-order valence-electron chi connectivity index (χ1n) is 8.06. The van der Waals surface area contributed by atoms with Crippen LogP contribution in [0.2, 0.25) is 0 Å². The molecular formula is C19H24N3O+. The Morgan fingerprint density at radius 2 is 1.74 bits per heavy atom. The van der Waals surface area contributed by atoms with Crippen molar-refractivity contribution in [3.05, 3.63) is 60.4 Å². The van der Waals surface area contributed by atoms with Gasteiger partial charge in [0.05, 0.1) is 6.54 Å². The number of aromatic nitrogens is 2. The van der Waals surface area contributed by atoms with Gasteiger partial charge in [-0.2, -0.15) is 0 Å². The van der Waals surface area contributed by atoms with Crippen LogP contribution < -0.4 is 9.30 Å². The Labute approximate surface area is 137 Å². The summed E-state index contributed by atoms with van der Waals surface area (Å²) in [6.45, 7) is 2.60. The van der Waals surface area contributed by atoms with Gasteiger partial charge in [0, 0.05) is 6.54 Å². The number of nitrogens with one attached hydrogen (secondary N) is 1. The summed E-state index contributed by atoms with van der Waals surface area (Å²) in [6, 6.07) is 18.4. The van der Waals surface area contributed by atoms with Crippen LogP contribution in [0.5, 0.6) is 5.75 Å². The molecule has 1 aromatic heterocycles. The molecule has 0 amide bonds. The molecule has 0 spiro atoms. The van der Waals surface area contributed by atoms with Crippen LogP contribution in [0.4, 0.5) is 0 Å². The summed E-state index contributed by atoms with van der Waals surface area (Å²) in [4.78, 5) is 5.71. The van der Waals surface area contributed by atoms with Crippen LogP contribution in [0.1, 0.15) is 12.2 Å². The zero-order valence-corrected chi connectivity index (χ0v) is 13.8. The van der Waals surface area contributed by atoms with E-state index in [0.717, 1.165) is 36.6 Å². The van der Waals surface area contributed by atoms with Gasteiger partial charge in [0.15, 0.2) is 17.6 Å². The summed E-state index contributed by atoms with van der Waals surface area (Å²) < 4.78 is 8.26. The lowest BCUT2D eigenvalue weighted by Crippen LogP contribution is -2.39. The van der Waals surface area contributed by atoms with E-state index in [1.165, 1.54) is 5.52 Å². The number of fused-ring (bicyclic) bond motifs is 1. The molecule has 3 aromatic rings. The molecule has 0 fully saturated rings. The van der Waals surface area contributed by atoms with E-state index in [0.29, 0.717) is 6.61 Å². The standard InChI is InChI=1S/C19H23N3O/c1-21(2)13-8-14-22-18-12-7-6-11-17(18)20-19(22)15-23-16-9-4-3-5-10-16/h3-7,9-12H,8,13-15H2,1-2H3/p+1. The lowest BCUT2D eigenvalue weighted by atomic mass is 10.3. The smallest absolute Gasteiger partial charge is 0.293 e. The molecule has 1 N–H and O–H groups in total. The molecule has 0 radical (unpaired) electrons. The van der Waals surface area contributed by atoms with Crippen molar-refractivity contribution in [2.45, 2.75) is 19.6 Å². The highest BCUT2D eigenvalue weighted by molar-refractivity contribution is 5.70. The van der Waals surface area contributed by atoms with Gasteiger partial charge in [-0.3, -0.25) is 0 Å². The molecule has 23 heavy (non-hydrogen) atoms. The molecule has 4 nitrogen and oxygen atoms in total. The van der Waals surface area contributed by atoms with Crippen molar-refractivity contribution in [1.82, 2.24) is 9.88 Å². The fourth-order valence-electron chi connectivity index (χ4n) is 2.77. The molecule has 0 aliphatic rings. The Balaban J connectivity index is 1.80. The number of para-hydroxylation sites is 3. The minimum atomic E-state index is 0.542. The molecule has 0 atom stereocenters. The van der Waals surface area contributed by atoms with Crippen LogP contribution in [0, 0.1) is 0 Å². The van der Waals surface area contributed by atoms with Gasteiger partial charge in [0.1, 0.15) is 5.75 Å². The van der Waals surface area contributed by atoms with Crippen LogP contribution >= 0.6 is 0 Å². The number of hydrogen-bond acceptors (Lipinski definition) is 2. The molecule has 120 valence electrons. The van der Waals surface area contributed by atoms with Gasteiger partial charge >= 0.3 is 0 Å². The molecule has 0 aliphatic carbocycles. The van der Waals surface area contributed by atoms with Gasteiger partial charge in [0.25, 0.3) is 5.82 Å². The maximum atomic E-state index is 5.93. The summed E-state index contributed by atoms with van der Waals surface area (Å²) in [5.74, 6) is 2.00. The topological polar surface area (TPSA) is 32.1 Å². The van der Waals surface area contributed by atoms with Crippen LogP contribution in [0.25, 0.3) is 11.0 Å². The molecule has 0 unspecified atom stereocenters. The quantitative estimate of drug-likeness (QED) is 0.680. The number of imidazole rings is 1. The molecule has 0 saturated carbocycles. The molecule has 0 aliphatic heterocycles. The van der Waals surface area contributed by atoms with E-state index >= 15 is 0 Å². The Bertz CT molecular complexity index is 750. The molecule has 0 bridgehead atoms. The third-order valence-electron chi connectivity index (χ3n) is 3.91. The second-order valence-electron chi connectivity index (χ2n) is 6.00. The maximum Gasteiger partial charge on any atom is 0.293 e. The van der Waals surface area contributed by atoms with E-state index in [9.17, 15) is 0 Å². The Kier molecular flexibility index (Phi) is 4.93. The third-order valence-corrected chi connectivity index (χ3v) is 3.91. The van der Waals surface area contributed by atoms with Gasteiger partial charge in [-0.1, -0.05) is 30.3 Å². The predicted molar refractivity (Wildman–Crippen MR) is 92.4 cm³/mol. The van der Waals surface area contributed by atoms with Crippen LogP contribution in [-0.4, -0.2) is 30.5 Å². The Hall–Kier alpha value is -2.33. The molecule has 4 heteroatoms. The SMILES string of the molecule is CN(C)CCC[n+]1c(COc2ccccc2)[nH]c2ccccc21. The number of rotatable bonds is 7. The van der Waals surface area contributed by atoms with E-state index < -0.39 is 0 Å². The molecule has 2 aromatic carbocycles. The zero-order chi connectivity index (χ0) is 16.1. The third kappa shape index (κ3) is 3.90. The van der Waals surface area contributed by atoms with Crippen molar-refractivity contribution in [1.29, 1.82) is 0 Å². The number of benzene rings is 2. The fraction of sp³-hybridized carbons (Fsp3) is 0.316. The van der Waals surface area contributed by atoms with Gasteiger partial charge < -0.3 is 9.64 Å². The largest absolute Gasteiger partial charge is 0.481 e. The van der Waals surface area contributed by atoms with Crippen molar-refractivity contribution in [3.8, 4) is 5.75 Å². The van der Waals surface area contributed by atoms with Gasteiger partial charge in [0.2, 0.25) is 0 Å². The molecule has 0 saturated heterocycles. The summed E-state index contributed by atoms with van der Waals surface area (Å²) in [6.07, 6.45) is 1.11. The zero-order valence-electron chi connectivity index (χ0n) is 13.8. The highest BCUT2D eigenvalue weighted by Crippen LogP contribution is 2.13. The van der Waals surface area contributed by atoms with E-state index in [4.69, 9.17) is 4.74 Å². The Morgan fingerprint density at radius 3 is 2.52 bits per heavy atom. The summed E-state index contributed by atoms with van der Waals surface area (Å²) >= 11 is 0. The minimum Gasteiger partial charge on any atom is -0.481 e. The minimum absolute atomic E-state index is 0.542. The van der Waals surface area contributed by atoms with E-state index in [1.807, 2.05) is 30.3 Å². The number of nitrogens with zero attached hydrogens (tertiary/aromatic N) is 2. The number of aromatic amines is 1. The van der Waals surface area contributed by atoms with E-state index in [2.05, 4.69) is 52.8 Å². The summed E-state index contributed by atoms with van der Waals surface area (Å²) in [5, 5.41) is 0. The van der Waals surface area contributed by atoms with Gasteiger partial charge in [-0.15, -0.1) is 0 Å². The first-order valence-corrected chi connectivity index (χ1v) is 8.06. The Morgan fingerprint density at radius 1 is 1.00 bits per heavy atom. The lowest BCUT2D eigenvalue weighted by Gasteiger charge is -2.09. The average Bonchev–Trinajstić information content (AvgIpc) is 2.92. The fourth-order valence-corrected chi connectivity index (χ4v) is 2.77. The molecular weight excluding hydrogens is 286 g/mol. The normalized spacial score (nSPS) is 11.3. The summed E-state index contributed by atoms with van der Waals surface area (Å²) in [5.41, 5.74) is 2.39. The lowest BCUT2D eigenvalue weighted by molar-refractivity contribution is -0.680. The van der Waals surface area contributed by atoms with Crippen molar-refractivity contribution in [3.63, 3.8) is 0 Å². The van der Waals surface area contributed by atoms with Crippen molar-refractivity contribution in [2.24, 2.45) is 0 Å². The number of H-pyrrole nitrogens is 1. The summed E-state index contributed by atoms with van der Waals surface area (Å²) in [7, 11) is 4.22. The second kappa shape index (κ2) is 7.29. The molecule has 3 rings (SSSR count). The van der Waals surface area contributed by atoms with E-state index in [-0.39, 0.29) is 0 Å². The first kappa shape index (κ1) is 15.6. The van der Waals surface area contributed by atoms with Crippen molar-refractivity contribution >= 4 is 11.0 Å². The van der Waals surface area contributed by atoms with Gasteiger partial charge in [-0.25, -0.2) is 9.55 Å². The highest BCUT2D eigenvalue weighted by atomic mass is 16.5. The number of aryl methyl sites for hydroxylation is 1. The van der Waals surface area contributed by atoms with Crippen molar-refractivity contribution < 1.29 is 9.30 Å².